The van der Waals surface area contributed by atoms with Gasteiger partial charge < -0.3 is 29.5 Å². The van der Waals surface area contributed by atoms with Crippen LogP contribution in [0.4, 0.5) is 45.5 Å². The van der Waals surface area contributed by atoms with Crippen LogP contribution < -0.4 is 4.90 Å². The zero-order chi connectivity index (χ0) is 35.7. The molecule has 1 spiro atoms. The summed E-state index contributed by atoms with van der Waals surface area (Å²) in [6, 6.07) is 4.02. The molecule has 0 radical (unpaired) electrons. The van der Waals surface area contributed by atoms with Crippen LogP contribution in [0.5, 0.6) is 0 Å². The summed E-state index contributed by atoms with van der Waals surface area (Å²) in [6.07, 6.45) is -10.3. The average molecular weight is 684 g/mol. The molecule has 1 atom stereocenters. The van der Waals surface area contributed by atoms with E-state index in [1.165, 1.54) is 11.3 Å². The Balaban J connectivity index is 0.000000413. The van der Waals surface area contributed by atoms with Crippen molar-refractivity contribution in [2.75, 3.05) is 45.2 Å². The van der Waals surface area contributed by atoms with Crippen LogP contribution in [0.2, 0.25) is 0 Å². The Morgan fingerprint density at radius 1 is 0.913 bits per heavy atom. The normalized spacial score (nSPS) is 18.2. The van der Waals surface area contributed by atoms with Crippen molar-refractivity contribution in [2.45, 2.75) is 50.4 Å². The molecule has 1 saturated heterocycles. The first-order chi connectivity index (χ1) is 20.9. The predicted octanol–water partition coefficient (Wildman–Crippen LogP) is 4.01. The van der Waals surface area contributed by atoms with E-state index in [1.54, 1.807) is 6.26 Å². The van der Waals surface area contributed by atoms with Crippen LogP contribution >= 0.6 is 0 Å². The van der Waals surface area contributed by atoms with Gasteiger partial charge in [-0.05, 0) is 31.6 Å². The second-order valence-electron chi connectivity index (χ2n) is 9.97. The number of hydrogen-bond acceptors (Lipinski definition) is 9. The minimum atomic E-state index is -5.08. The Kier molecular flexibility index (Phi) is 13.8. The Hall–Kier alpha value is -4.14. The first-order valence-electron chi connectivity index (χ1n) is 12.8. The van der Waals surface area contributed by atoms with Gasteiger partial charge in [0.2, 0.25) is 5.95 Å². The van der Waals surface area contributed by atoms with Crippen LogP contribution in [0.15, 0.2) is 29.0 Å². The van der Waals surface area contributed by atoms with Gasteiger partial charge in [0.1, 0.15) is 5.76 Å². The SMILES string of the molecule is CCN1CCC2(C1)CN(Cc1ccco1)Cc1cnc(N(C)C)nc12.O=C(O)C(F)(F)F.O=C(O)C(F)(F)F.O=C(O)C(F)(F)F. The number of anilines is 1. The van der Waals surface area contributed by atoms with E-state index in [9.17, 15) is 39.5 Å². The van der Waals surface area contributed by atoms with E-state index in [1.807, 2.05) is 31.3 Å². The van der Waals surface area contributed by atoms with Crippen LogP contribution in [0, 0.1) is 0 Å². The molecule has 21 heteroatoms. The second-order valence-corrected chi connectivity index (χ2v) is 9.97. The summed E-state index contributed by atoms with van der Waals surface area (Å²) < 4.78 is 101. The molecular formula is C25H30F9N5O7. The van der Waals surface area contributed by atoms with Gasteiger partial charge in [-0.15, -0.1) is 0 Å². The van der Waals surface area contributed by atoms with Crippen molar-refractivity contribution in [3.05, 3.63) is 41.6 Å². The molecule has 2 aromatic rings. The van der Waals surface area contributed by atoms with E-state index in [0.717, 1.165) is 57.4 Å². The van der Waals surface area contributed by atoms with Gasteiger partial charge in [0, 0.05) is 50.9 Å². The Bertz CT molecular complexity index is 1250. The Morgan fingerprint density at radius 3 is 1.76 bits per heavy atom. The molecule has 4 heterocycles. The molecule has 0 bridgehead atoms. The minimum absolute atomic E-state index is 0.101. The number of halogens is 9. The van der Waals surface area contributed by atoms with Crippen molar-refractivity contribution in [1.82, 2.24) is 19.8 Å². The maximum absolute atomic E-state index is 10.6. The molecule has 2 aliphatic rings. The molecule has 0 aliphatic carbocycles. The number of aromatic nitrogens is 2. The van der Waals surface area contributed by atoms with E-state index in [0.29, 0.717) is 0 Å². The number of furan rings is 1. The fraction of sp³-hybridized carbons (Fsp3) is 0.560. The monoisotopic (exact) mass is 683 g/mol. The van der Waals surface area contributed by atoms with E-state index in [4.69, 9.17) is 39.1 Å². The summed E-state index contributed by atoms with van der Waals surface area (Å²) in [5.41, 5.74) is 2.63. The molecule has 3 N–H and O–H groups in total. The molecule has 0 amide bonds. The lowest BCUT2D eigenvalue weighted by molar-refractivity contribution is -0.193. The standard InChI is InChI=1S/C19H27N5O.3C2HF3O2/c1-4-23-8-7-19(13-23)14-24(12-16-6-5-9-25-16)11-15-10-20-18(22(2)3)21-17(15)19;3*3-2(4,5)1(6)7/h5-6,9-10H,4,7-8,11-14H2,1-3H3;3*(H,6,7). The highest BCUT2D eigenvalue weighted by atomic mass is 19.4. The predicted molar refractivity (Wildman–Crippen MR) is 139 cm³/mol. The van der Waals surface area contributed by atoms with Crippen molar-refractivity contribution in [3.63, 3.8) is 0 Å². The smallest absolute Gasteiger partial charge is 0.475 e. The van der Waals surface area contributed by atoms with Crippen molar-refractivity contribution in [1.29, 1.82) is 0 Å². The number of carbonyl (C=O) groups is 3. The van der Waals surface area contributed by atoms with Gasteiger partial charge >= 0.3 is 36.4 Å². The molecule has 4 rings (SSSR count). The molecule has 1 unspecified atom stereocenters. The van der Waals surface area contributed by atoms with Gasteiger partial charge in [-0.3, -0.25) is 4.90 Å². The molecule has 12 nitrogen and oxygen atoms in total. The largest absolute Gasteiger partial charge is 0.490 e. The number of alkyl halides is 9. The summed E-state index contributed by atoms with van der Waals surface area (Å²) in [5.74, 6) is -6.44. The Morgan fingerprint density at radius 2 is 1.39 bits per heavy atom. The molecule has 0 saturated carbocycles. The lowest BCUT2D eigenvalue weighted by Gasteiger charge is -2.41. The molecular weight excluding hydrogens is 653 g/mol. The number of rotatable bonds is 4. The number of carboxylic acid groups (broad SMARTS) is 3. The van der Waals surface area contributed by atoms with Crippen molar-refractivity contribution in [2.24, 2.45) is 0 Å². The number of fused-ring (bicyclic) bond motifs is 2. The second kappa shape index (κ2) is 15.9. The molecule has 1 fully saturated rings. The number of likely N-dealkylation sites (tertiary alicyclic amines) is 1. The van der Waals surface area contributed by atoms with E-state index < -0.39 is 36.4 Å². The maximum atomic E-state index is 10.6. The van der Waals surface area contributed by atoms with Gasteiger partial charge in [0.15, 0.2) is 0 Å². The summed E-state index contributed by atoms with van der Waals surface area (Å²) in [4.78, 5) is 43.3. The van der Waals surface area contributed by atoms with Gasteiger partial charge in [0.25, 0.3) is 0 Å². The van der Waals surface area contributed by atoms with Crippen LogP contribution in [0.3, 0.4) is 0 Å². The third-order valence-corrected chi connectivity index (χ3v) is 6.24. The summed E-state index contributed by atoms with van der Waals surface area (Å²) >= 11 is 0. The topological polar surface area (TPSA) is 161 Å². The first kappa shape index (κ1) is 39.9. The fourth-order valence-electron chi connectivity index (χ4n) is 4.27. The van der Waals surface area contributed by atoms with Crippen LogP contribution in [-0.2, 0) is 32.9 Å². The number of likely N-dealkylation sites (N-methyl/N-ethyl adjacent to an activating group) is 1. The number of hydrogen-bond donors (Lipinski definition) is 3. The van der Waals surface area contributed by atoms with Crippen LogP contribution in [0.25, 0.3) is 0 Å². The summed E-state index contributed by atoms with van der Waals surface area (Å²) in [6.45, 7) is 8.32. The highest BCUT2D eigenvalue weighted by Gasteiger charge is 2.46. The van der Waals surface area contributed by atoms with Gasteiger partial charge in [-0.1, -0.05) is 6.92 Å². The highest BCUT2D eigenvalue weighted by molar-refractivity contribution is 5.73. The fourth-order valence-corrected chi connectivity index (χ4v) is 4.27. The van der Waals surface area contributed by atoms with Crippen LogP contribution in [-0.4, -0.2) is 112 Å². The lowest BCUT2D eigenvalue weighted by atomic mass is 9.78. The zero-order valence-corrected chi connectivity index (χ0v) is 24.4. The van der Waals surface area contributed by atoms with E-state index in [2.05, 4.69) is 27.8 Å². The molecule has 46 heavy (non-hydrogen) atoms. The molecule has 2 aliphatic heterocycles. The van der Waals surface area contributed by atoms with E-state index in [-0.39, 0.29) is 5.41 Å². The number of aliphatic carboxylic acids is 3. The lowest BCUT2D eigenvalue weighted by Crippen LogP contribution is -2.48. The molecule has 2 aromatic heterocycles. The van der Waals surface area contributed by atoms with Gasteiger partial charge in [0.05, 0.1) is 18.5 Å². The number of carboxylic acids is 3. The van der Waals surface area contributed by atoms with Gasteiger partial charge in [-0.2, -0.15) is 39.5 Å². The van der Waals surface area contributed by atoms with Crippen molar-refractivity contribution >= 4 is 23.9 Å². The number of nitrogens with zero attached hydrogens (tertiary/aromatic N) is 5. The molecule has 0 aromatic carbocycles. The quantitative estimate of drug-likeness (QED) is 0.398. The van der Waals surface area contributed by atoms with Crippen molar-refractivity contribution < 1.29 is 73.6 Å². The third-order valence-electron chi connectivity index (χ3n) is 6.24. The van der Waals surface area contributed by atoms with Crippen LogP contribution in [0.1, 0.15) is 30.4 Å². The summed E-state index contributed by atoms with van der Waals surface area (Å²) in [5, 5.41) is 21.4. The third kappa shape index (κ3) is 12.3. The average Bonchev–Trinajstić information content (AvgIpc) is 3.58. The zero-order valence-electron chi connectivity index (χ0n) is 24.4. The molecule has 260 valence electrons. The Labute approximate surface area is 255 Å². The first-order valence-corrected chi connectivity index (χ1v) is 12.8. The summed E-state index contributed by atoms with van der Waals surface area (Å²) in [7, 11) is 4.01. The van der Waals surface area contributed by atoms with E-state index >= 15 is 0 Å². The minimum Gasteiger partial charge on any atom is -0.475 e. The highest BCUT2D eigenvalue weighted by Crippen LogP contribution is 2.40. The maximum Gasteiger partial charge on any atom is 0.490 e. The van der Waals surface area contributed by atoms with Gasteiger partial charge in [-0.25, -0.2) is 24.4 Å². The van der Waals surface area contributed by atoms with Crippen molar-refractivity contribution in [3.8, 4) is 0 Å².